The van der Waals surface area contributed by atoms with Crippen molar-refractivity contribution in [3.05, 3.63) is 36.0 Å². The largest absolute Gasteiger partial charge is 0.481 e. The molecule has 1 aromatic carbocycles. The zero-order valence-corrected chi connectivity index (χ0v) is 21.6. The van der Waals surface area contributed by atoms with E-state index in [1.807, 2.05) is 24.5 Å². The van der Waals surface area contributed by atoms with Crippen molar-refractivity contribution < 1.29 is 39.3 Å². The van der Waals surface area contributed by atoms with E-state index in [9.17, 15) is 34.2 Å². The number of carbonyl (C=O) groups is 5. The number of hydrogen-bond donors (Lipinski definition) is 8. The summed E-state index contributed by atoms with van der Waals surface area (Å²) in [5, 5.41) is 35.5. The molecule has 4 atom stereocenters. The number of H-pyrrole nitrogens is 1. The van der Waals surface area contributed by atoms with E-state index in [0.29, 0.717) is 11.3 Å². The average molecular weight is 552 g/mol. The molecule has 0 saturated heterocycles. The Bertz CT molecular complexity index is 1140. The highest BCUT2D eigenvalue weighted by Crippen LogP contribution is 2.19. The number of thioether (sulfide) groups is 1. The van der Waals surface area contributed by atoms with Crippen molar-refractivity contribution in [2.75, 3.05) is 18.6 Å². The van der Waals surface area contributed by atoms with Crippen molar-refractivity contribution in [3.8, 4) is 0 Å². The predicted molar refractivity (Wildman–Crippen MR) is 140 cm³/mol. The van der Waals surface area contributed by atoms with Gasteiger partial charge in [0, 0.05) is 29.9 Å². The minimum atomic E-state index is -1.58. The number of benzene rings is 1. The molecule has 208 valence electrons. The predicted octanol–water partition coefficient (Wildman–Crippen LogP) is -0.813. The fourth-order valence-corrected chi connectivity index (χ4v) is 4.12. The Morgan fingerprint density at radius 1 is 0.947 bits per heavy atom. The molecule has 0 radical (unpaired) electrons. The Morgan fingerprint density at radius 3 is 2.21 bits per heavy atom. The Balaban J connectivity index is 2.25. The Morgan fingerprint density at radius 2 is 1.58 bits per heavy atom. The van der Waals surface area contributed by atoms with Gasteiger partial charge in [-0.25, -0.2) is 4.79 Å². The fourth-order valence-electron chi connectivity index (χ4n) is 3.65. The van der Waals surface area contributed by atoms with E-state index in [2.05, 4.69) is 20.9 Å². The Hall–Kier alpha value is -3.62. The highest BCUT2D eigenvalue weighted by atomic mass is 32.2. The van der Waals surface area contributed by atoms with Crippen LogP contribution in [0, 0.1) is 0 Å². The highest BCUT2D eigenvalue weighted by molar-refractivity contribution is 7.98. The molecule has 4 unspecified atom stereocenters. The second-order valence-electron chi connectivity index (χ2n) is 8.59. The number of nitrogens with two attached hydrogens (primary N) is 1. The van der Waals surface area contributed by atoms with E-state index < -0.39 is 60.4 Å². The van der Waals surface area contributed by atoms with Crippen LogP contribution in [0.1, 0.15) is 24.8 Å². The molecule has 1 heterocycles. The van der Waals surface area contributed by atoms with Gasteiger partial charge in [0.05, 0.1) is 12.6 Å². The number of nitrogens with one attached hydrogen (secondary N) is 4. The molecule has 2 rings (SSSR count). The van der Waals surface area contributed by atoms with Gasteiger partial charge in [-0.3, -0.25) is 19.2 Å². The number of amides is 3. The summed E-state index contributed by atoms with van der Waals surface area (Å²) >= 11 is 1.43. The van der Waals surface area contributed by atoms with Crippen molar-refractivity contribution in [2.45, 2.75) is 49.9 Å². The fraction of sp³-hybridized carbons (Fsp3) is 0.458. The summed E-state index contributed by atoms with van der Waals surface area (Å²) in [5.74, 6) is -4.33. The number of aromatic amines is 1. The van der Waals surface area contributed by atoms with Gasteiger partial charge in [0.2, 0.25) is 17.7 Å². The molecular weight excluding hydrogens is 518 g/mol. The summed E-state index contributed by atoms with van der Waals surface area (Å²) < 4.78 is 0. The first kappa shape index (κ1) is 30.6. The molecular formula is C24H33N5O8S. The maximum Gasteiger partial charge on any atom is 0.328 e. The lowest BCUT2D eigenvalue weighted by atomic mass is 10.0. The number of carboxylic acid groups (broad SMARTS) is 2. The molecule has 2 aromatic rings. The van der Waals surface area contributed by atoms with Gasteiger partial charge in [-0.15, -0.1) is 0 Å². The van der Waals surface area contributed by atoms with E-state index in [0.717, 1.165) is 10.9 Å². The Labute approximate surface area is 222 Å². The number of aliphatic carboxylic acids is 2. The van der Waals surface area contributed by atoms with Crippen LogP contribution in [0.3, 0.4) is 0 Å². The lowest BCUT2D eigenvalue weighted by Gasteiger charge is -2.25. The summed E-state index contributed by atoms with van der Waals surface area (Å²) in [6.07, 6.45) is 3.22. The van der Waals surface area contributed by atoms with E-state index in [1.54, 1.807) is 12.3 Å². The smallest absolute Gasteiger partial charge is 0.328 e. The maximum atomic E-state index is 13.2. The first-order valence-corrected chi connectivity index (χ1v) is 13.2. The summed E-state index contributed by atoms with van der Waals surface area (Å²) in [6.45, 7) is -0.852. The van der Waals surface area contributed by atoms with Gasteiger partial charge in [0.25, 0.3) is 0 Å². The summed E-state index contributed by atoms with van der Waals surface area (Å²) in [7, 11) is 0. The van der Waals surface area contributed by atoms with Gasteiger partial charge in [0.15, 0.2) is 0 Å². The number of aliphatic hydroxyl groups excluding tert-OH is 1. The van der Waals surface area contributed by atoms with E-state index >= 15 is 0 Å². The quantitative estimate of drug-likeness (QED) is 0.129. The summed E-state index contributed by atoms with van der Waals surface area (Å²) in [6, 6.07) is 2.23. The van der Waals surface area contributed by atoms with Crippen molar-refractivity contribution in [1.82, 2.24) is 20.9 Å². The van der Waals surface area contributed by atoms with E-state index in [4.69, 9.17) is 10.8 Å². The molecule has 3 amide bonds. The van der Waals surface area contributed by atoms with Gasteiger partial charge in [-0.1, -0.05) is 18.2 Å². The van der Waals surface area contributed by atoms with E-state index in [1.165, 1.54) is 11.8 Å². The van der Waals surface area contributed by atoms with Crippen molar-refractivity contribution >= 4 is 52.3 Å². The summed E-state index contributed by atoms with van der Waals surface area (Å²) in [5.41, 5.74) is 7.25. The van der Waals surface area contributed by atoms with Crippen molar-refractivity contribution in [3.63, 3.8) is 0 Å². The minimum Gasteiger partial charge on any atom is -0.481 e. The molecule has 0 aliphatic rings. The summed E-state index contributed by atoms with van der Waals surface area (Å²) in [4.78, 5) is 64.0. The SMILES string of the molecule is CSCCC(NC(=O)C(N)CCC(=O)O)C(=O)NC(Cc1c[nH]c2ccccc12)C(=O)NC(CO)C(=O)O. The highest BCUT2D eigenvalue weighted by Gasteiger charge is 2.30. The molecule has 13 nitrogen and oxygen atoms in total. The topological polar surface area (TPSA) is 224 Å². The number of aromatic nitrogens is 1. The molecule has 0 aliphatic heterocycles. The van der Waals surface area contributed by atoms with Crippen LogP contribution in [0.2, 0.25) is 0 Å². The molecule has 14 heteroatoms. The van der Waals surface area contributed by atoms with Crippen LogP contribution in [0.25, 0.3) is 10.9 Å². The maximum absolute atomic E-state index is 13.2. The van der Waals surface area contributed by atoms with Crippen LogP contribution in [0.5, 0.6) is 0 Å². The normalized spacial score (nSPS) is 14.2. The number of para-hydroxylation sites is 1. The number of hydrogen-bond acceptors (Lipinski definition) is 8. The van der Waals surface area contributed by atoms with Gasteiger partial charge >= 0.3 is 11.9 Å². The monoisotopic (exact) mass is 551 g/mol. The minimum absolute atomic E-state index is 0.0132. The molecule has 0 fully saturated rings. The number of carbonyl (C=O) groups excluding carboxylic acids is 3. The molecule has 38 heavy (non-hydrogen) atoms. The molecule has 0 saturated carbocycles. The zero-order valence-electron chi connectivity index (χ0n) is 20.8. The third-order valence-electron chi connectivity index (χ3n) is 5.78. The Kier molecular flexibility index (Phi) is 12.0. The van der Waals surface area contributed by atoms with Crippen molar-refractivity contribution in [1.29, 1.82) is 0 Å². The van der Waals surface area contributed by atoms with Crippen LogP contribution in [0.15, 0.2) is 30.5 Å². The number of aliphatic hydroxyl groups is 1. The van der Waals surface area contributed by atoms with Gasteiger partial charge in [0.1, 0.15) is 18.1 Å². The van der Waals surface area contributed by atoms with Gasteiger partial charge in [-0.05, 0) is 36.5 Å². The molecule has 0 aliphatic carbocycles. The lowest BCUT2D eigenvalue weighted by Crippen LogP contribution is -2.58. The first-order valence-electron chi connectivity index (χ1n) is 11.8. The lowest BCUT2D eigenvalue weighted by molar-refractivity contribution is -0.143. The van der Waals surface area contributed by atoms with Crippen LogP contribution in [-0.2, 0) is 30.4 Å². The van der Waals surface area contributed by atoms with Gasteiger partial charge in [-0.2, -0.15) is 11.8 Å². The third kappa shape index (κ3) is 9.04. The van der Waals surface area contributed by atoms with Crippen LogP contribution >= 0.6 is 11.8 Å². The van der Waals surface area contributed by atoms with Crippen LogP contribution < -0.4 is 21.7 Å². The van der Waals surface area contributed by atoms with Crippen LogP contribution in [0.4, 0.5) is 0 Å². The zero-order chi connectivity index (χ0) is 28.2. The van der Waals surface area contributed by atoms with Gasteiger partial charge < -0.3 is 42.0 Å². The first-order chi connectivity index (χ1) is 18.1. The molecule has 9 N–H and O–H groups in total. The van der Waals surface area contributed by atoms with Crippen molar-refractivity contribution in [2.24, 2.45) is 5.73 Å². The number of rotatable bonds is 16. The van der Waals surface area contributed by atoms with Crippen LogP contribution in [-0.4, -0.2) is 92.7 Å². The number of fused-ring (bicyclic) bond motifs is 1. The molecule has 0 bridgehead atoms. The second-order valence-corrected chi connectivity index (χ2v) is 9.57. The third-order valence-corrected chi connectivity index (χ3v) is 6.42. The molecule has 0 spiro atoms. The average Bonchev–Trinajstić information content (AvgIpc) is 3.29. The second kappa shape index (κ2) is 15.0. The standard InChI is InChI=1S/C24H33N5O8S/c1-38-9-8-17(27-21(33)15(25)6-7-20(31)32)22(34)28-18(23(35)29-19(12-30)24(36)37)10-13-11-26-16-5-3-2-4-14(13)16/h2-5,11,15,17-19,26,30H,6-10,12,25H2,1H3,(H,27,33)(H,28,34)(H,29,35)(H,31,32)(H,36,37). The number of carboxylic acids is 2. The van der Waals surface area contributed by atoms with E-state index in [-0.39, 0.29) is 25.7 Å². The molecule has 1 aromatic heterocycles.